The van der Waals surface area contributed by atoms with Crippen molar-refractivity contribution in [2.45, 2.75) is 111 Å². The number of hydrogen-bond acceptors (Lipinski definition) is 10. The summed E-state index contributed by atoms with van der Waals surface area (Å²) in [4.78, 5) is 82.0. The predicted octanol–water partition coefficient (Wildman–Crippen LogP) is 5.25. The fourth-order valence-corrected chi connectivity index (χ4v) is 9.75. The maximum atomic E-state index is 14.7. The number of carbonyl (C=O) groups is 5. The first kappa shape index (κ1) is 49.6. The number of benzene rings is 1. The van der Waals surface area contributed by atoms with E-state index < -0.39 is 47.2 Å². The van der Waals surface area contributed by atoms with Crippen LogP contribution in [0, 0.1) is 17.3 Å². The molecule has 0 spiro atoms. The lowest BCUT2D eigenvalue weighted by Crippen LogP contribution is -2.62. The number of aryl methyl sites for hydroxylation is 1. The highest BCUT2D eigenvalue weighted by molar-refractivity contribution is 5.96. The Labute approximate surface area is 389 Å². The normalized spacial score (nSPS) is 21.6. The zero-order valence-electron chi connectivity index (χ0n) is 40.5. The fraction of sp³-hybridized carbons (Fsp3) is 0.540. The van der Waals surface area contributed by atoms with Gasteiger partial charge in [-0.15, -0.1) is 0 Å². The van der Waals surface area contributed by atoms with Crippen LogP contribution in [0.5, 0.6) is 0 Å². The highest BCUT2D eigenvalue weighted by atomic mass is 16.5. The molecule has 1 aromatic carbocycles. The van der Waals surface area contributed by atoms with Crippen LogP contribution in [-0.2, 0) is 59.9 Å². The van der Waals surface area contributed by atoms with Gasteiger partial charge in [0.25, 0.3) is 5.91 Å². The molecule has 16 heteroatoms. The molecule has 16 nitrogen and oxygen atoms in total. The molecular weight excluding hydrogens is 839 g/mol. The highest BCUT2D eigenvalue weighted by Crippen LogP contribution is 2.40. The van der Waals surface area contributed by atoms with E-state index in [2.05, 4.69) is 67.4 Å². The molecule has 0 aliphatic carbocycles. The average molecular weight is 908 g/mol. The Bertz CT molecular complexity index is 2430. The van der Waals surface area contributed by atoms with Gasteiger partial charge in [0, 0.05) is 87.5 Å². The minimum atomic E-state index is -1.13. The number of likely N-dealkylation sites (N-methyl/N-ethyl adjacent to an activating group) is 1. The van der Waals surface area contributed by atoms with Crippen molar-refractivity contribution in [3.8, 4) is 11.3 Å². The van der Waals surface area contributed by atoms with E-state index in [0.29, 0.717) is 51.1 Å². The Morgan fingerprint density at radius 2 is 1.88 bits per heavy atom. The third kappa shape index (κ3) is 10.1. The first-order chi connectivity index (χ1) is 31.4. The van der Waals surface area contributed by atoms with Crippen LogP contribution in [0.25, 0.3) is 27.7 Å². The molecule has 0 saturated carbocycles. The second-order valence-corrected chi connectivity index (χ2v) is 18.8. The summed E-state index contributed by atoms with van der Waals surface area (Å²) in [6, 6.07) is 3.47. The molecule has 2 N–H and O–H groups in total. The SMILES string of the molecule is C=CC(=O)N1CC[C@H](C(=O)N(C)[C@H](C(=O)N[C@H]2Cc3ncc(n3C)-c3ccc4c(c3)c(c(/C(C=C)=C(/N=C\C)[C@H](C)OC)n4CC)CC(C)(C)COC(=O)[C@@H]3CCCN(N3)C2=O)C(C)C)C1. The Morgan fingerprint density at radius 1 is 1.14 bits per heavy atom. The molecular formula is C50H69N9O7. The Balaban J connectivity index is 1.45. The minimum Gasteiger partial charge on any atom is -0.464 e. The molecule has 6 bridgehead atoms. The van der Waals surface area contributed by atoms with Crippen LogP contribution in [0.3, 0.4) is 0 Å². The largest absolute Gasteiger partial charge is 0.464 e. The molecule has 5 atom stereocenters. The highest BCUT2D eigenvalue weighted by Gasteiger charge is 2.40. The van der Waals surface area contributed by atoms with Crippen molar-refractivity contribution in [3.05, 3.63) is 72.5 Å². The molecule has 2 saturated heterocycles. The number of hydrazine groups is 1. The number of likely N-dealkylation sites (tertiary alicyclic amines) is 1. The van der Waals surface area contributed by atoms with Gasteiger partial charge in [-0.25, -0.2) is 10.4 Å². The predicted molar refractivity (Wildman–Crippen MR) is 256 cm³/mol. The number of hydrogen-bond donors (Lipinski definition) is 2. The van der Waals surface area contributed by atoms with Crippen LogP contribution >= 0.6 is 0 Å². The molecule has 0 radical (unpaired) electrons. The molecule has 3 aromatic rings. The molecule has 5 heterocycles. The zero-order valence-corrected chi connectivity index (χ0v) is 40.5. The van der Waals surface area contributed by atoms with Gasteiger partial charge in [-0.2, -0.15) is 0 Å². The third-order valence-electron chi connectivity index (χ3n) is 13.3. The summed E-state index contributed by atoms with van der Waals surface area (Å²) < 4.78 is 16.2. The maximum absolute atomic E-state index is 14.7. The monoisotopic (exact) mass is 908 g/mol. The number of amides is 4. The summed E-state index contributed by atoms with van der Waals surface area (Å²) in [7, 11) is 5.15. The first-order valence-electron chi connectivity index (χ1n) is 23.2. The van der Waals surface area contributed by atoms with Gasteiger partial charge < -0.3 is 33.7 Å². The summed E-state index contributed by atoms with van der Waals surface area (Å²) in [5.74, 6) is -2.19. The maximum Gasteiger partial charge on any atom is 0.324 e. The van der Waals surface area contributed by atoms with E-state index in [1.807, 2.05) is 45.4 Å². The van der Waals surface area contributed by atoms with Gasteiger partial charge in [0.2, 0.25) is 17.7 Å². The summed E-state index contributed by atoms with van der Waals surface area (Å²) in [5, 5.41) is 5.44. The molecule has 66 heavy (non-hydrogen) atoms. The van der Waals surface area contributed by atoms with E-state index in [-0.39, 0.29) is 43.4 Å². The summed E-state index contributed by atoms with van der Waals surface area (Å²) in [6.07, 6.45) is 8.28. The van der Waals surface area contributed by atoms with Crippen LogP contribution in [0.2, 0.25) is 0 Å². The fourth-order valence-electron chi connectivity index (χ4n) is 9.75. The van der Waals surface area contributed by atoms with Crippen LogP contribution in [0.4, 0.5) is 0 Å². The van der Waals surface area contributed by atoms with Crippen molar-refractivity contribution in [2.75, 3.05) is 40.4 Å². The van der Waals surface area contributed by atoms with E-state index in [0.717, 1.165) is 44.7 Å². The van der Waals surface area contributed by atoms with E-state index in [9.17, 15) is 24.0 Å². The molecule has 3 aliphatic rings. The summed E-state index contributed by atoms with van der Waals surface area (Å²) >= 11 is 0. The smallest absolute Gasteiger partial charge is 0.324 e. The molecule has 3 aliphatic heterocycles. The molecule has 2 fully saturated rings. The Kier molecular flexibility index (Phi) is 15.6. The number of rotatable bonds is 12. The van der Waals surface area contributed by atoms with Crippen LogP contribution in [0.15, 0.2) is 60.4 Å². The first-order valence-corrected chi connectivity index (χ1v) is 23.2. The number of ether oxygens (including phenoxy) is 2. The number of nitrogens with one attached hydrogen (secondary N) is 2. The second-order valence-electron chi connectivity index (χ2n) is 18.8. The average Bonchev–Trinajstić information content (AvgIpc) is 4.02. The molecule has 0 unspecified atom stereocenters. The van der Waals surface area contributed by atoms with Gasteiger partial charge >= 0.3 is 5.97 Å². The standard InChI is InChI=1S/C50H69N9O7/c1-13-34(43(51-15-3)31(7)65-12)45-36-26-50(8,9)29-66-49(64)37-18-17-22-59(54-37)48(63)38(25-41-52-27-40(55(41)10)32-19-20-39(35(36)24-32)58(45)16-4)53-46(61)44(30(5)6)56(11)47(62)33-21-23-57(28-33)42(60)14-2/h13-15,19-20,24,27,30-31,33,37-38,44,54H,1-2,16-18,21-23,25-26,28-29H2,3-12H3,(H,53,61)/b43-34+,51-15-/t31-,33-,37-,38-,44-/m0/s1. The number of carbonyl (C=O) groups excluding carboxylic acids is 5. The van der Waals surface area contributed by atoms with E-state index in [1.54, 1.807) is 31.5 Å². The number of aromatic nitrogens is 3. The van der Waals surface area contributed by atoms with Crippen LogP contribution in [0.1, 0.15) is 84.8 Å². The molecule has 356 valence electrons. The van der Waals surface area contributed by atoms with Crippen molar-refractivity contribution in [3.63, 3.8) is 0 Å². The van der Waals surface area contributed by atoms with Gasteiger partial charge in [-0.1, -0.05) is 53.0 Å². The lowest BCUT2D eigenvalue weighted by Gasteiger charge is -2.37. The van der Waals surface area contributed by atoms with E-state index >= 15 is 0 Å². The Morgan fingerprint density at radius 3 is 2.53 bits per heavy atom. The lowest BCUT2D eigenvalue weighted by atomic mass is 9.84. The van der Waals surface area contributed by atoms with Gasteiger partial charge in [0.05, 0.1) is 41.9 Å². The summed E-state index contributed by atoms with van der Waals surface area (Å²) in [5.41, 5.74) is 8.90. The van der Waals surface area contributed by atoms with Gasteiger partial charge in [-0.05, 0) is 76.1 Å². The van der Waals surface area contributed by atoms with Crippen molar-refractivity contribution < 1.29 is 33.4 Å². The second kappa shape index (κ2) is 20.7. The topological polar surface area (TPSA) is 173 Å². The van der Waals surface area contributed by atoms with Gasteiger partial charge in [0.15, 0.2) is 0 Å². The molecule has 2 aromatic heterocycles. The molecule has 6 rings (SSSR count). The minimum absolute atomic E-state index is 0.0159. The van der Waals surface area contributed by atoms with Crippen molar-refractivity contribution in [1.82, 2.24) is 39.7 Å². The van der Waals surface area contributed by atoms with E-state index in [1.165, 1.54) is 16.0 Å². The Hall–Kier alpha value is -5.87. The number of allylic oxidation sites excluding steroid dienone is 2. The summed E-state index contributed by atoms with van der Waals surface area (Å²) in [6.45, 7) is 23.4. The van der Waals surface area contributed by atoms with Crippen molar-refractivity contribution >= 4 is 52.3 Å². The quantitative estimate of drug-likeness (QED) is 0.107. The number of cyclic esters (lactones) is 1. The number of nitrogens with zero attached hydrogens (tertiary/aromatic N) is 7. The number of fused-ring (bicyclic) bond motifs is 6. The number of aliphatic imine (C=N–C) groups is 1. The number of methoxy groups -OCH3 is 1. The van der Waals surface area contributed by atoms with Gasteiger partial charge in [-0.3, -0.25) is 34.0 Å². The van der Waals surface area contributed by atoms with Crippen LogP contribution < -0.4 is 10.7 Å². The third-order valence-corrected chi connectivity index (χ3v) is 13.3. The lowest BCUT2D eigenvalue weighted by molar-refractivity contribution is -0.155. The zero-order chi connectivity index (χ0) is 48.2. The number of imidazole rings is 1. The number of esters is 1. The van der Waals surface area contributed by atoms with Crippen LogP contribution in [-0.4, -0.2) is 129 Å². The van der Waals surface area contributed by atoms with Crippen molar-refractivity contribution in [2.24, 2.45) is 29.3 Å². The van der Waals surface area contributed by atoms with Crippen molar-refractivity contribution in [1.29, 1.82) is 0 Å². The molecule has 4 amide bonds. The van der Waals surface area contributed by atoms with Gasteiger partial charge in [0.1, 0.15) is 23.9 Å². The van der Waals surface area contributed by atoms with E-state index in [4.69, 9.17) is 19.5 Å².